The van der Waals surface area contributed by atoms with Gasteiger partial charge in [0, 0.05) is 17.6 Å². The maximum Gasteiger partial charge on any atom is 0.0431 e. The largest absolute Gasteiger partial charge is 0.396 e. The lowest BCUT2D eigenvalue weighted by Gasteiger charge is -2.01. The van der Waals surface area contributed by atoms with Crippen LogP contribution in [0.25, 0.3) is 0 Å². The molecule has 3 heteroatoms. The zero-order valence-corrected chi connectivity index (χ0v) is 8.30. The summed E-state index contributed by atoms with van der Waals surface area (Å²) in [6.45, 7) is 4.74. The Kier molecular flexibility index (Phi) is 8.28. The molecule has 0 aromatic rings. The van der Waals surface area contributed by atoms with E-state index in [1.54, 1.807) is 0 Å². The van der Waals surface area contributed by atoms with Crippen LogP contribution in [0.5, 0.6) is 0 Å². The minimum Gasteiger partial charge on any atom is -0.396 e. The van der Waals surface area contributed by atoms with E-state index >= 15 is 0 Å². The number of unbranched alkanes of at least 4 members (excludes halogenated alkanes) is 1. The highest BCUT2D eigenvalue weighted by molar-refractivity contribution is 8.76. The third kappa shape index (κ3) is 8.66. The lowest BCUT2D eigenvalue weighted by molar-refractivity contribution is 0.287. The number of rotatable bonds is 6. The van der Waals surface area contributed by atoms with Crippen molar-refractivity contribution in [2.75, 3.05) is 12.4 Å². The van der Waals surface area contributed by atoms with Crippen LogP contribution in [0.15, 0.2) is 0 Å². The Morgan fingerprint density at radius 3 is 2.50 bits per heavy atom. The summed E-state index contributed by atoms with van der Waals surface area (Å²) in [5.74, 6) is 1.17. The van der Waals surface area contributed by atoms with E-state index in [-0.39, 0.29) is 0 Å². The highest BCUT2D eigenvalue weighted by Crippen LogP contribution is 2.26. The van der Waals surface area contributed by atoms with Gasteiger partial charge >= 0.3 is 0 Å². The first-order valence-corrected chi connectivity index (χ1v) is 6.04. The van der Waals surface area contributed by atoms with Crippen molar-refractivity contribution < 1.29 is 5.11 Å². The van der Waals surface area contributed by atoms with E-state index in [2.05, 4.69) is 13.8 Å². The first-order valence-electron chi connectivity index (χ1n) is 3.66. The fourth-order valence-corrected chi connectivity index (χ4v) is 2.61. The van der Waals surface area contributed by atoms with E-state index in [4.69, 9.17) is 5.11 Å². The van der Waals surface area contributed by atoms with Gasteiger partial charge in [-0.1, -0.05) is 35.4 Å². The van der Waals surface area contributed by atoms with Crippen molar-refractivity contribution in [3.05, 3.63) is 0 Å². The van der Waals surface area contributed by atoms with E-state index in [0.717, 1.165) is 18.1 Å². The summed E-state index contributed by atoms with van der Waals surface area (Å²) in [6.07, 6.45) is 2.09. The molecule has 0 bridgehead atoms. The van der Waals surface area contributed by atoms with Gasteiger partial charge in [0.25, 0.3) is 0 Å². The average molecular weight is 180 g/mol. The standard InChI is InChI=1S/C7H16OS2/c1-7(2)10-9-6-4-3-5-8/h7-8H,3-6H2,1-2H3. The molecule has 0 rings (SSSR count). The molecule has 0 saturated heterocycles. The van der Waals surface area contributed by atoms with Crippen molar-refractivity contribution in [2.45, 2.75) is 31.9 Å². The van der Waals surface area contributed by atoms with Gasteiger partial charge in [0.05, 0.1) is 0 Å². The normalized spacial score (nSPS) is 10.8. The molecule has 1 N–H and O–H groups in total. The molecule has 0 amide bonds. The van der Waals surface area contributed by atoms with Gasteiger partial charge in [-0.15, -0.1) is 0 Å². The van der Waals surface area contributed by atoms with Gasteiger partial charge in [0.2, 0.25) is 0 Å². The van der Waals surface area contributed by atoms with Crippen molar-refractivity contribution >= 4 is 21.6 Å². The van der Waals surface area contributed by atoms with Gasteiger partial charge in [-0.05, 0) is 12.8 Å². The molecular weight excluding hydrogens is 164 g/mol. The molecule has 0 aromatic heterocycles. The van der Waals surface area contributed by atoms with Gasteiger partial charge in [0.1, 0.15) is 0 Å². The van der Waals surface area contributed by atoms with Crippen LogP contribution in [0.1, 0.15) is 26.7 Å². The highest BCUT2D eigenvalue weighted by Gasteiger charge is 1.93. The summed E-state index contributed by atoms with van der Waals surface area (Å²) in [6, 6.07) is 0. The fraction of sp³-hybridized carbons (Fsp3) is 1.00. The Morgan fingerprint density at radius 2 is 2.00 bits per heavy atom. The third-order valence-corrected chi connectivity index (χ3v) is 3.94. The molecule has 0 heterocycles. The second-order valence-electron chi connectivity index (χ2n) is 2.40. The summed E-state index contributed by atoms with van der Waals surface area (Å²) >= 11 is 0. The topological polar surface area (TPSA) is 20.2 Å². The Balaban J connectivity index is 2.77. The molecule has 0 unspecified atom stereocenters. The maximum absolute atomic E-state index is 8.46. The van der Waals surface area contributed by atoms with E-state index in [9.17, 15) is 0 Å². The molecule has 1 nitrogen and oxygen atoms in total. The summed E-state index contributed by atoms with van der Waals surface area (Å²) < 4.78 is 0. The zero-order valence-electron chi connectivity index (χ0n) is 6.67. The number of aliphatic hydroxyl groups excluding tert-OH is 1. The van der Waals surface area contributed by atoms with Crippen LogP contribution in [0.2, 0.25) is 0 Å². The van der Waals surface area contributed by atoms with Crippen LogP contribution in [0, 0.1) is 0 Å². The van der Waals surface area contributed by atoms with Crippen LogP contribution in [-0.4, -0.2) is 22.7 Å². The fourth-order valence-electron chi connectivity index (χ4n) is 0.457. The second-order valence-corrected chi connectivity index (χ2v) is 5.46. The molecule has 0 aliphatic heterocycles. The van der Waals surface area contributed by atoms with E-state index < -0.39 is 0 Å². The SMILES string of the molecule is CC(C)SSCCCCO. The van der Waals surface area contributed by atoms with Crippen LogP contribution < -0.4 is 0 Å². The first kappa shape index (κ1) is 10.7. The second kappa shape index (κ2) is 7.76. The number of hydrogen-bond acceptors (Lipinski definition) is 3. The van der Waals surface area contributed by atoms with Crippen molar-refractivity contribution in [1.82, 2.24) is 0 Å². The van der Waals surface area contributed by atoms with Crippen molar-refractivity contribution in [2.24, 2.45) is 0 Å². The maximum atomic E-state index is 8.46. The summed E-state index contributed by atoms with van der Waals surface area (Å²) in [5, 5.41) is 9.18. The van der Waals surface area contributed by atoms with Gasteiger partial charge in [-0.25, -0.2) is 0 Å². The predicted molar refractivity (Wildman–Crippen MR) is 51.5 cm³/mol. The Morgan fingerprint density at radius 1 is 1.30 bits per heavy atom. The van der Waals surface area contributed by atoms with Crippen molar-refractivity contribution in [3.63, 3.8) is 0 Å². The van der Waals surface area contributed by atoms with E-state index in [0.29, 0.717) is 6.61 Å². The highest BCUT2D eigenvalue weighted by atomic mass is 33.1. The minimum atomic E-state index is 0.340. The molecule has 62 valence electrons. The van der Waals surface area contributed by atoms with Crippen LogP contribution in [-0.2, 0) is 0 Å². The molecular formula is C7H16OS2. The quantitative estimate of drug-likeness (QED) is 0.501. The molecule has 0 saturated carbocycles. The lowest BCUT2D eigenvalue weighted by atomic mass is 10.4. The Bertz CT molecular complexity index is 66.6. The molecule has 0 radical (unpaired) electrons. The summed E-state index contributed by atoms with van der Waals surface area (Å²) in [4.78, 5) is 0. The van der Waals surface area contributed by atoms with Gasteiger partial charge in [-0.2, -0.15) is 0 Å². The molecule has 0 aliphatic rings. The van der Waals surface area contributed by atoms with Crippen molar-refractivity contribution in [1.29, 1.82) is 0 Å². The van der Waals surface area contributed by atoms with Gasteiger partial charge in [0.15, 0.2) is 0 Å². The molecule has 10 heavy (non-hydrogen) atoms. The van der Waals surface area contributed by atoms with Crippen LogP contribution in [0.3, 0.4) is 0 Å². The van der Waals surface area contributed by atoms with Crippen LogP contribution >= 0.6 is 21.6 Å². The minimum absolute atomic E-state index is 0.340. The van der Waals surface area contributed by atoms with Gasteiger partial charge in [-0.3, -0.25) is 0 Å². The third-order valence-electron chi connectivity index (χ3n) is 0.896. The van der Waals surface area contributed by atoms with Gasteiger partial charge < -0.3 is 5.11 Å². The average Bonchev–Trinajstić information content (AvgIpc) is 1.87. The predicted octanol–water partition coefficient (Wildman–Crippen LogP) is 2.55. The van der Waals surface area contributed by atoms with E-state index in [1.165, 1.54) is 5.75 Å². The number of hydrogen-bond donors (Lipinski definition) is 1. The molecule has 0 spiro atoms. The lowest BCUT2D eigenvalue weighted by Crippen LogP contribution is -1.86. The monoisotopic (exact) mass is 180 g/mol. The molecule has 0 aromatic carbocycles. The Hall–Kier alpha value is 0.660. The summed E-state index contributed by atoms with van der Waals surface area (Å²) in [7, 11) is 3.82. The molecule has 0 aliphatic carbocycles. The molecule has 0 atom stereocenters. The Labute approximate surface area is 71.4 Å². The van der Waals surface area contributed by atoms with E-state index in [1.807, 2.05) is 21.6 Å². The smallest absolute Gasteiger partial charge is 0.0431 e. The first-order chi connectivity index (χ1) is 4.77. The molecule has 0 fully saturated rings. The van der Waals surface area contributed by atoms with Crippen LogP contribution in [0.4, 0.5) is 0 Å². The van der Waals surface area contributed by atoms with Crippen molar-refractivity contribution in [3.8, 4) is 0 Å². The summed E-state index contributed by atoms with van der Waals surface area (Å²) in [5.41, 5.74) is 0. The zero-order chi connectivity index (χ0) is 7.82. The number of aliphatic hydroxyl groups is 1.